The number of primary sulfonamides is 1. The Kier molecular flexibility index (Phi) is 5.02. The fourth-order valence-corrected chi connectivity index (χ4v) is 2.36. The normalized spacial score (nSPS) is 11.9. The Morgan fingerprint density at radius 1 is 1.00 bits per heavy atom. The van der Waals surface area contributed by atoms with E-state index < -0.39 is 27.8 Å². The standard InChI is InChI=1S/C14H13F3N4O3S/c15-14(16,17)9-1-3-10(4-2-9)20-13(22)21(18)11-5-7-12(8-6-11)25(19,23)24/h1-8H,18H2,(H,20,22)(H2,19,23,24). The molecule has 134 valence electrons. The summed E-state index contributed by atoms with van der Waals surface area (Å²) in [6.45, 7) is 0. The molecule has 2 aromatic rings. The summed E-state index contributed by atoms with van der Waals surface area (Å²) >= 11 is 0. The van der Waals surface area contributed by atoms with Gasteiger partial charge in [-0.15, -0.1) is 0 Å². The van der Waals surface area contributed by atoms with Crippen LogP contribution in [0.5, 0.6) is 0 Å². The number of hydrogen-bond acceptors (Lipinski definition) is 4. The van der Waals surface area contributed by atoms with Crippen molar-refractivity contribution in [3.63, 3.8) is 0 Å². The lowest BCUT2D eigenvalue weighted by molar-refractivity contribution is -0.137. The van der Waals surface area contributed by atoms with E-state index in [4.69, 9.17) is 11.0 Å². The van der Waals surface area contributed by atoms with Crippen LogP contribution in [0.15, 0.2) is 53.4 Å². The van der Waals surface area contributed by atoms with E-state index in [-0.39, 0.29) is 16.3 Å². The number of halogens is 3. The number of rotatable bonds is 3. The highest BCUT2D eigenvalue weighted by Crippen LogP contribution is 2.29. The molecule has 0 fully saturated rings. The average Bonchev–Trinajstić information content (AvgIpc) is 2.53. The van der Waals surface area contributed by atoms with E-state index in [1.807, 2.05) is 0 Å². The summed E-state index contributed by atoms with van der Waals surface area (Å²) in [6, 6.07) is 7.80. The highest BCUT2D eigenvalue weighted by atomic mass is 32.2. The third-order valence-electron chi connectivity index (χ3n) is 3.13. The molecule has 25 heavy (non-hydrogen) atoms. The minimum atomic E-state index is -4.48. The van der Waals surface area contributed by atoms with Crippen molar-refractivity contribution in [3.8, 4) is 0 Å². The Labute approximate surface area is 141 Å². The molecule has 0 unspecified atom stereocenters. The number of anilines is 2. The van der Waals surface area contributed by atoms with Crippen LogP contribution in [0.1, 0.15) is 5.56 Å². The summed E-state index contributed by atoms with van der Waals surface area (Å²) in [4.78, 5) is 11.8. The zero-order valence-electron chi connectivity index (χ0n) is 12.5. The Hall–Kier alpha value is -2.63. The summed E-state index contributed by atoms with van der Waals surface area (Å²) in [5.74, 6) is 5.61. The van der Waals surface area contributed by atoms with Gasteiger partial charge < -0.3 is 5.32 Å². The molecule has 11 heteroatoms. The van der Waals surface area contributed by atoms with Gasteiger partial charge in [0.15, 0.2) is 0 Å². The van der Waals surface area contributed by atoms with Crippen molar-refractivity contribution in [1.82, 2.24) is 0 Å². The molecule has 2 amide bonds. The van der Waals surface area contributed by atoms with Gasteiger partial charge in [0, 0.05) is 5.69 Å². The van der Waals surface area contributed by atoms with E-state index in [0.717, 1.165) is 36.4 Å². The van der Waals surface area contributed by atoms with Gasteiger partial charge in [-0.3, -0.25) is 0 Å². The number of hydrazine groups is 1. The van der Waals surface area contributed by atoms with E-state index >= 15 is 0 Å². The lowest BCUT2D eigenvalue weighted by Crippen LogP contribution is -2.40. The predicted molar refractivity (Wildman–Crippen MR) is 84.9 cm³/mol. The number of benzene rings is 2. The molecule has 0 aliphatic carbocycles. The third-order valence-corrected chi connectivity index (χ3v) is 4.05. The van der Waals surface area contributed by atoms with E-state index in [2.05, 4.69) is 5.32 Å². The number of hydrogen-bond donors (Lipinski definition) is 3. The molecule has 0 bridgehead atoms. The number of alkyl halides is 3. The zero-order chi connectivity index (χ0) is 18.8. The van der Waals surface area contributed by atoms with Crippen molar-refractivity contribution in [3.05, 3.63) is 54.1 Å². The highest BCUT2D eigenvalue weighted by molar-refractivity contribution is 7.89. The van der Waals surface area contributed by atoms with E-state index in [1.54, 1.807) is 0 Å². The quantitative estimate of drug-likeness (QED) is 0.434. The Morgan fingerprint density at radius 2 is 1.52 bits per heavy atom. The fourth-order valence-electron chi connectivity index (χ4n) is 1.84. The number of carbonyl (C=O) groups excluding carboxylic acids is 1. The van der Waals surface area contributed by atoms with Crippen molar-refractivity contribution < 1.29 is 26.4 Å². The van der Waals surface area contributed by atoms with Gasteiger partial charge in [0.2, 0.25) is 10.0 Å². The van der Waals surface area contributed by atoms with Crippen LogP contribution in [0, 0.1) is 0 Å². The topological polar surface area (TPSA) is 119 Å². The molecular formula is C14H13F3N4O3S. The van der Waals surface area contributed by atoms with Crippen LogP contribution in [0.2, 0.25) is 0 Å². The van der Waals surface area contributed by atoms with Gasteiger partial charge in [-0.2, -0.15) is 13.2 Å². The van der Waals surface area contributed by atoms with E-state index in [9.17, 15) is 26.4 Å². The van der Waals surface area contributed by atoms with E-state index in [1.165, 1.54) is 12.1 Å². The molecule has 2 aromatic carbocycles. The van der Waals surface area contributed by atoms with Crippen LogP contribution >= 0.6 is 0 Å². The number of sulfonamides is 1. The maximum atomic E-state index is 12.5. The van der Waals surface area contributed by atoms with Crippen LogP contribution < -0.4 is 21.3 Å². The second kappa shape index (κ2) is 6.70. The molecule has 0 radical (unpaired) electrons. The molecule has 0 aliphatic rings. The summed E-state index contributed by atoms with van der Waals surface area (Å²) < 4.78 is 59.8. The van der Waals surface area contributed by atoms with Crippen molar-refractivity contribution in [2.24, 2.45) is 11.0 Å². The van der Waals surface area contributed by atoms with Crippen LogP contribution in [0.25, 0.3) is 0 Å². The zero-order valence-corrected chi connectivity index (χ0v) is 13.3. The number of nitrogens with two attached hydrogens (primary N) is 2. The Bertz CT molecular complexity index is 866. The number of nitrogens with one attached hydrogen (secondary N) is 1. The molecule has 0 heterocycles. The highest BCUT2D eigenvalue weighted by Gasteiger charge is 2.30. The summed E-state index contributed by atoms with van der Waals surface area (Å²) in [6.07, 6.45) is -4.48. The summed E-state index contributed by atoms with van der Waals surface area (Å²) in [5.41, 5.74) is -0.597. The Balaban J connectivity index is 2.10. The maximum Gasteiger partial charge on any atom is 0.416 e. The first kappa shape index (κ1) is 18.7. The molecule has 0 atom stereocenters. The summed E-state index contributed by atoms with van der Waals surface area (Å²) in [5, 5.41) is 7.94. The number of amides is 2. The monoisotopic (exact) mass is 374 g/mol. The van der Waals surface area contributed by atoms with Crippen molar-refractivity contribution in [2.45, 2.75) is 11.1 Å². The Morgan fingerprint density at radius 3 is 1.96 bits per heavy atom. The second-order valence-electron chi connectivity index (χ2n) is 4.91. The van der Waals surface area contributed by atoms with Gasteiger partial charge in [-0.1, -0.05) is 0 Å². The van der Waals surface area contributed by atoms with Gasteiger partial charge in [0.25, 0.3) is 0 Å². The number of urea groups is 1. The smallest absolute Gasteiger partial charge is 0.306 e. The van der Waals surface area contributed by atoms with Crippen LogP contribution in [0.3, 0.4) is 0 Å². The van der Waals surface area contributed by atoms with Gasteiger partial charge in [0.1, 0.15) is 0 Å². The molecular weight excluding hydrogens is 361 g/mol. The molecule has 0 spiro atoms. The second-order valence-corrected chi connectivity index (χ2v) is 6.48. The van der Waals surface area contributed by atoms with Crippen molar-refractivity contribution in [1.29, 1.82) is 0 Å². The molecule has 0 aliphatic heterocycles. The van der Waals surface area contributed by atoms with E-state index in [0.29, 0.717) is 5.01 Å². The minimum absolute atomic E-state index is 0.106. The average molecular weight is 374 g/mol. The molecule has 0 aromatic heterocycles. The van der Waals surface area contributed by atoms with Crippen LogP contribution in [-0.4, -0.2) is 14.4 Å². The summed E-state index contributed by atoms with van der Waals surface area (Å²) in [7, 11) is -3.88. The third kappa shape index (κ3) is 4.68. The SMILES string of the molecule is NN(C(=O)Nc1ccc(C(F)(F)F)cc1)c1ccc(S(N)(=O)=O)cc1. The first-order valence-electron chi connectivity index (χ1n) is 6.64. The van der Waals surface area contributed by atoms with Crippen molar-refractivity contribution >= 4 is 27.4 Å². The largest absolute Gasteiger partial charge is 0.416 e. The number of carbonyl (C=O) groups is 1. The van der Waals surface area contributed by atoms with Crippen LogP contribution in [-0.2, 0) is 16.2 Å². The molecule has 0 saturated carbocycles. The first-order valence-corrected chi connectivity index (χ1v) is 8.19. The molecule has 2 rings (SSSR count). The molecule has 5 N–H and O–H groups in total. The lowest BCUT2D eigenvalue weighted by atomic mass is 10.2. The van der Waals surface area contributed by atoms with Gasteiger partial charge in [-0.25, -0.2) is 29.2 Å². The number of nitrogens with zero attached hydrogens (tertiary/aromatic N) is 1. The van der Waals surface area contributed by atoms with Gasteiger partial charge in [-0.05, 0) is 48.5 Å². The first-order chi connectivity index (χ1) is 11.5. The van der Waals surface area contributed by atoms with Crippen molar-refractivity contribution in [2.75, 3.05) is 10.3 Å². The fraction of sp³-hybridized carbons (Fsp3) is 0.0714. The van der Waals surface area contributed by atoms with Gasteiger partial charge >= 0.3 is 12.2 Å². The molecule has 7 nitrogen and oxygen atoms in total. The van der Waals surface area contributed by atoms with Crippen LogP contribution in [0.4, 0.5) is 29.3 Å². The maximum absolute atomic E-state index is 12.5. The van der Waals surface area contributed by atoms with Gasteiger partial charge in [0.05, 0.1) is 16.1 Å². The molecule has 0 saturated heterocycles. The minimum Gasteiger partial charge on any atom is -0.306 e. The lowest BCUT2D eigenvalue weighted by Gasteiger charge is -2.18. The predicted octanol–water partition coefficient (Wildman–Crippen LogP) is 2.26.